The van der Waals surface area contributed by atoms with Gasteiger partial charge in [-0.15, -0.1) is 0 Å². The van der Waals surface area contributed by atoms with Crippen LogP contribution >= 0.6 is 11.6 Å². The first kappa shape index (κ1) is 32.7. The van der Waals surface area contributed by atoms with E-state index >= 15 is 0 Å². The van der Waals surface area contributed by atoms with Gasteiger partial charge in [0.15, 0.2) is 0 Å². The lowest BCUT2D eigenvalue weighted by atomic mass is 10.0. The molecule has 242 valence electrons. The minimum absolute atomic E-state index is 0.0678. The fraction of sp³-hybridized carbons (Fsp3) is 0.515. The number of nitrogens with zero attached hydrogens (tertiary/aromatic N) is 5. The van der Waals surface area contributed by atoms with E-state index in [2.05, 4.69) is 15.2 Å². The molecule has 0 saturated carbocycles. The number of rotatable bonds is 11. The van der Waals surface area contributed by atoms with Gasteiger partial charge in [-0.3, -0.25) is 19.1 Å². The molecule has 0 aliphatic carbocycles. The van der Waals surface area contributed by atoms with Gasteiger partial charge >= 0.3 is 0 Å². The second-order valence-corrected chi connectivity index (χ2v) is 12.2. The minimum Gasteiger partial charge on any atom is -0.497 e. The first-order chi connectivity index (χ1) is 21.8. The lowest BCUT2D eigenvalue weighted by molar-refractivity contribution is -0.127. The van der Waals surface area contributed by atoms with Crippen LogP contribution in [0, 0.1) is 5.92 Å². The first-order valence-electron chi connectivity index (χ1n) is 15.6. The van der Waals surface area contributed by atoms with E-state index in [-0.39, 0.29) is 11.5 Å². The third-order valence-corrected chi connectivity index (χ3v) is 8.82. The maximum Gasteiger partial charge on any atom is 0.260 e. The van der Waals surface area contributed by atoms with Crippen molar-refractivity contribution < 1.29 is 19.0 Å². The number of methoxy groups -OCH3 is 2. The molecule has 2 fully saturated rings. The molecular weight excluding hydrogens is 596 g/mol. The van der Waals surface area contributed by atoms with E-state index in [9.17, 15) is 9.59 Å². The summed E-state index contributed by atoms with van der Waals surface area (Å²) in [5, 5.41) is 4.44. The zero-order valence-corrected chi connectivity index (χ0v) is 27.4. The van der Waals surface area contributed by atoms with Crippen LogP contribution in [0.25, 0.3) is 22.2 Å². The van der Waals surface area contributed by atoms with Crippen LogP contribution in [-0.2, 0) is 16.1 Å². The number of allylic oxidation sites excluding steroid dienone is 1. The summed E-state index contributed by atoms with van der Waals surface area (Å²) < 4.78 is 18.2. The molecule has 5 rings (SSSR count). The Bertz CT molecular complexity index is 1590. The second-order valence-electron chi connectivity index (χ2n) is 11.9. The molecule has 0 bridgehead atoms. The van der Waals surface area contributed by atoms with Crippen molar-refractivity contribution in [2.75, 3.05) is 72.0 Å². The molecule has 2 saturated heterocycles. The van der Waals surface area contributed by atoms with Crippen LogP contribution in [0.3, 0.4) is 0 Å². The highest BCUT2D eigenvalue weighted by atomic mass is 35.5. The number of pyridine rings is 1. The molecule has 4 heterocycles. The number of halogens is 1. The Kier molecular flexibility index (Phi) is 11.0. The van der Waals surface area contributed by atoms with Crippen molar-refractivity contribution in [3.63, 3.8) is 0 Å². The largest absolute Gasteiger partial charge is 0.497 e. The Morgan fingerprint density at radius 3 is 2.51 bits per heavy atom. The molecule has 0 radical (unpaired) electrons. The number of aryl methyl sites for hydroxylation is 1. The molecule has 45 heavy (non-hydrogen) atoms. The van der Waals surface area contributed by atoms with Crippen LogP contribution in [0.4, 0.5) is 5.95 Å². The Morgan fingerprint density at radius 2 is 1.82 bits per heavy atom. The number of hydrogen-bond acceptors (Lipinski definition) is 9. The average molecular weight is 639 g/mol. The molecule has 11 nitrogen and oxygen atoms in total. The fourth-order valence-electron chi connectivity index (χ4n) is 5.85. The van der Waals surface area contributed by atoms with Gasteiger partial charge in [0.1, 0.15) is 17.1 Å². The van der Waals surface area contributed by atoms with Crippen molar-refractivity contribution in [3.8, 4) is 22.6 Å². The van der Waals surface area contributed by atoms with Crippen molar-refractivity contribution in [1.82, 2.24) is 24.3 Å². The number of fused-ring (bicyclic) bond motifs is 1. The standard InChI is InChI=1S/C33H43ClN6O5/c1-22(2)16-29(41)39-12-10-38(11-13-39)8-5-9-40-31-24(21-36-33(37-31)35-20-23-6-14-45-15-7-23)17-27(32(40)42)26-18-25(43-3)19-28(44-4)30(26)34/h16-19,21,23H,5-15,20H2,1-4H3,(H,35,36,37). The normalized spacial score (nSPS) is 16.1. The third kappa shape index (κ3) is 7.95. The van der Waals surface area contributed by atoms with Crippen molar-refractivity contribution in [3.05, 3.63) is 51.4 Å². The molecule has 1 N–H and O–H groups in total. The number of hydrogen-bond donors (Lipinski definition) is 1. The predicted octanol–water partition coefficient (Wildman–Crippen LogP) is 4.47. The van der Waals surface area contributed by atoms with E-state index in [1.165, 1.54) is 7.11 Å². The molecule has 2 aliphatic rings. The zero-order valence-electron chi connectivity index (χ0n) is 26.6. The van der Waals surface area contributed by atoms with Gasteiger partial charge in [0.25, 0.3) is 5.56 Å². The third-order valence-electron chi connectivity index (χ3n) is 8.43. The van der Waals surface area contributed by atoms with Crippen LogP contribution in [0.5, 0.6) is 11.5 Å². The van der Waals surface area contributed by atoms with Gasteiger partial charge in [0.2, 0.25) is 11.9 Å². The summed E-state index contributed by atoms with van der Waals surface area (Å²) in [4.78, 5) is 40.3. The van der Waals surface area contributed by atoms with Gasteiger partial charge in [0, 0.05) is 87.3 Å². The Balaban J connectivity index is 1.41. The zero-order chi connectivity index (χ0) is 31.9. The number of nitrogens with one attached hydrogen (secondary N) is 1. The summed E-state index contributed by atoms with van der Waals surface area (Å²) in [5.74, 6) is 2.00. The number of aromatic nitrogens is 3. The van der Waals surface area contributed by atoms with Crippen LogP contribution in [0.1, 0.15) is 33.1 Å². The highest BCUT2D eigenvalue weighted by Crippen LogP contribution is 2.38. The first-order valence-corrected chi connectivity index (χ1v) is 16.0. The maximum absolute atomic E-state index is 14.2. The Hall–Kier alpha value is -3.67. The molecule has 12 heteroatoms. The minimum atomic E-state index is -0.203. The van der Waals surface area contributed by atoms with Crippen LogP contribution in [0.2, 0.25) is 5.02 Å². The van der Waals surface area contributed by atoms with Gasteiger partial charge in [0.05, 0.1) is 19.2 Å². The maximum atomic E-state index is 14.2. The Morgan fingerprint density at radius 1 is 1.07 bits per heavy atom. The summed E-state index contributed by atoms with van der Waals surface area (Å²) >= 11 is 6.74. The number of benzene rings is 1. The smallest absolute Gasteiger partial charge is 0.260 e. The number of amides is 1. The number of carbonyl (C=O) groups excluding carboxylic acids is 1. The van der Waals surface area contributed by atoms with E-state index in [1.54, 1.807) is 42.1 Å². The quantitative estimate of drug-likeness (QED) is 0.304. The van der Waals surface area contributed by atoms with Crippen LogP contribution in [0.15, 0.2) is 40.8 Å². The SMILES string of the molecule is COc1cc(OC)c(Cl)c(-c2cc3cnc(NCC4CCOCC4)nc3n(CCCN3CCN(C(=O)C=C(C)C)CC3)c2=O)c1. The van der Waals surface area contributed by atoms with Gasteiger partial charge < -0.3 is 24.4 Å². The van der Waals surface area contributed by atoms with E-state index in [4.69, 9.17) is 30.8 Å². The van der Waals surface area contributed by atoms with Crippen LogP contribution < -0.4 is 20.3 Å². The summed E-state index contributed by atoms with van der Waals surface area (Å²) in [6.07, 6.45) is 6.17. The summed E-state index contributed by atoms with van der Waals surface area (Å²) in [5.41, 5.74) is 2.30. The van der Waals surface area contributed by atoms with Crippen molar-refractivity contribution in [1.29, 1.82) is 0 Å². The van der Waals surface area contributed by atoms with Gasteiger partial charge in [-0.2, -0.15) is 4.98 Å². The van der Waals surface area contributed by atoms with E-state index in [1.807, 2.05) is 18.7 Å². The summed E-state index contributed by atoms with van der Waals surface area (Å²) in [7, 11) is 3.09. The van der Waals surface area contributed by atoms with E-state index in [0.717, 1.165) is 69.6 Å². The molecule has 2 aromatic heterocycles. The fourth-order valence-corrected chi connectivity index (χ4v) is 6.14. The number of carbonyl (C=O) groups is 1. The Labute approximate surface area is 269 Å². The molecular formula is C33H43ClN6O5. The number of anilines is 1. The number of ether oxygens (including phenoxy) is 3. The molecule has 1 amide bonds. The topological polar surface area (TPSA) is 111 Å². The van der Waals surface area contributed by atoms with Crippen molar-refractivity contribution >= 4 is 34.5 Å². The summed E-state index contributed by atoms with van der Waals surface area (Å²) in [6.45, 7) is 10.4. The van der Waals surface area contributed by atoms with Crippen LogP contribution in [-0.4, -0.2) is 96.9 Å². The van der Waals surface area contributed by atoms with Crippen molar-refractivity contribution in [2.24, 2.45) is 5.92 Å². The summed E-state index contributed by atoms with van der Waals surface area (Å²) in [6, 6.07) is 5.23. The molecule has 3 aromatic rings. The van der Waals surface area contributed by atoms with E-state index in [0.29, 0.717) is 64.8 Å². The molecule has 0 unspecified atom stereocenters. The molecule has 0 atom stereocenters. The lowest BCUT2D eigenvalue weighted by Gasteiger charge is -2.34. The molecule has 2 aliphatic heterocycles. The highest BCUT2D eigenvalue weighted by Gasteiger charge is 2.22. The second kappa shape index (κ2) is 15.1. The van der Waals surface area contributed by atoms with Gasteiger partial charge in [-0.25, -0.2) is 4.98 Å². The monoisotopic (exact) mass is 638 g/mol. The van der Waals surface area contributed by atoms with Gasteiger partial charge in [-0.05, 0) is 57.7 Å². The molecule has 1 aromatic carbocycles. The van der Waals surface area contributed by atoms with Crippen molar-refractivity contribution in [2.45, 2.75) is 39.7 Å². The molecule has 0 spiro atoms. The van der Waals surface area contributed by atoms with E-state index < -0.39 is 0 Å². The highest BCUT2D eigenvalue weighted by molar-refractivity contribution is 6.35. The average Bonchev–Trinajstić information content (AvgIpc) is 3.05. The number of piperazine rings is 1. The van der Waals surface area contributed by atoms with Gasteiger partial charge in [-0.1, -0.05) is 17.2 Å². The predicted molar refractivity (Wildman–Crippen MR) is 176 cm³/mol. The lowest BCUT2D eigenvalue weighted by Crippen LogP contribution is -2.48.